The molecule has 0 aliphatic carbocycles. The Morgan fingerprint density at radius 1 is 1.30 bits per heavy atom. The van der Waals surface area contributed by atoms with Crippen molar-refractivity contribution in [1.82, 2.24) is 4.98 Å². The lowest BCUT2D eigenvalue weighted by molar-refractivity contribution is -0.354. The van der Waals surface area contributed by atoms with Crippen LogP contribution in [0.1, 0.15) is 5.82 Å². The average molecular weight is 133 g/mol. The first-order chi connectivity index (χ1) is 4.86. The highest BCUT2D eigenvalue weighted by Gasteiger charge is 2.01. The van der Waals surface area contributed by atoms with Crippen molar-refractivity contribution in [3.63, 3.8) is 0 Å². The molecule has 0 spiro atoms. The number of aromatic nitrogens is 2. The molecule has 0 atom stereocenters. The van der Waals surface area contributed by atoms with E-state index in [1.54, 1.807) is 0 Å². The maximum Gasteiger partial charge on any atom is 0.249 e. The molecule has 0 aliphatic heterocycles. The monoisotopic (exact) mass is 133 g/mol. The largest absolute Gasteiger partial charge is 0.249 e. The lowest BCUT2D eigenvalue weighted by atomic mass is 10.3. The van der Waals surface area contributed by atoms with E-state index in [-0.39, 0.29) is 0 Å². The summed E-state index contributed by atoms with van der Waals surface area (Å²) in [5, 5.41) is 0. The van der Waals surface area contributed by atoms with Crippen molar-refractivity contribution < 1.29 is 4.98 Å². The molecule has 2 aromatic rings. The molecular formula is C8H9N2+. The van der Waals surface area contributed by atoms with E-state index in [9.17, 15) is 0 Å². The minimum absolute atomic E-state index is 1.10. The molecule has 1 aromatic carbocycles. The summed E-state index contributed by atoms with van der Waals surface area (Å²) in [6, 6.07) is 8.15. The van der Waals surface area contributed by atoms with E-state index in [2.05, 4.69) is 22.1 Å². The van der Waals surface area contributed by atoms with Crippen LogP contribution in [0.15, 0.2) is 24.3 Å². The smallest absolute Gasteiger partial charge is 0.241 e. The van der Waals surface area contributed by atoms with Crippen molar-refractivity contribution in [2.45, 2.75) is 6.92 Å². The highest BCUT2D eigenvalue weighted by molar-refractivity contribution is 5.70. The molecule has 0 fully saturated rings. The van der Waals surface area contributed by atoms with Gasteiger partial charge in [-0.05, 0) is 12.1 Å². The molecule has 0 amide bonds. The van der Waals surface area contributed by atoms with Crippen LogP contribution in [-0.4, -0.2) is 4.98 Å². The molecule has 0 saturated heterocycles. The van der Waals surface area contributed by atoms with Gasteiger partial charge in [-0.3, -0.25) is 0 Å². The van der Waals surface area contributed by atoms with E-state index in [0.717, 1.165) is 5.82 Å². The van der Waals surface area contributed by atoms with Crippen LogP contribution in [0.5, 0.6) is 0 Å². The summed E-state index contributed by atoms with van der Waals surface area (Å²) in [4.78, 5) is 6.41. The van der Waals surface area contributed by atoms with E-state index in [1.807, 2.05) is 19.1 Å². The fourth-order valence-electron chi connectivity index (χ4n) is 1.14. The Bertz CT molecular complexity index is 316. The number of benzene rings is 1. The van der Waals surface area contributed by atoms with Crippen LogP contribution in [-0.2, 0) is 0 Å². The van der Waals surface area contributed by atoms with Crippen molar-refractivity contribution in [2.24, 2.45) is 0 Å². The maximum absolute atomic E-state index is 3.20. The van der Waals surface area contributed by atoms with Crippen LogP contribution in [0.3, 0.4) is 0 Å². The minimum atomic E-state index is 1.10. The molecule has 2 N–H and O–H groups in total. The molecular weight excluding hydrogens is 124 g/mol. The highest BCUT2D eigenvalue weighted by Crippen LogP contribution is 2.04. The van der Waals surface area contributed by atoms with Crippen LogP contribution in [0.4, 0.5) is 0 Å². The van der Waals surface area contributed by atoms with Gasteiger partial charge in [0.1, 0.15) is 0 Å². The molecule has 2 heteroatoms. The molecule has 1 aromatic heterocycles. The lowest BCUT2D eigenvalue weighted by Crippen LogP contribution is -2.00. The number of aryl methyl sites for hydroxylation is 1. The first-order valence-electron chi connectivity index (χ1n) is 3.33. The van der Waals surface area contributed by atoms with E-state index in [0.29, 0.717) is 0 Å². The van der Waals surface area contributed by atoms with Gasteiger partial charge < -0.3 is 0 Å². The van der Waals surface area contributed by atoms with Gasteiger partial charge in [-0.2, -0.15) is 0 Å². The third-order valence-corrected chi connectivity index (χ3v) is 1.57. The number of hydrogen-bond donors (Lipinski definition) is 1. The second-order valence-corrected chi connectivity index (χ2v) is 2.42. The normalized spacial score (nSPS) is 10.5. The third-order valence-electron chi connectivity index (χ3n) is 1.57. The van der Waals surface area contributed by atoms with Crippen LogP contribution < -0.4 is 4.98 Å². The fraction of sp³-hybridized carbons (Fsp3) is 0.125. The standard InChI is InChI=1S/C8H8N2/c1-6-9-7-4-2-3-5-8(7)10-6/h2-5H,1H3,(H,9,10)/p+1. The average Bonchev–Trinajstić information content (AvgIpc) is 2.27. The predicted octanol–water partition coefficient (Wildman–Crippen LogP) is 1.29. The van der Waals surface area contributed by atoms with Crippen LogP contribution in [0, 0.1) is 6.92 Å². The zero-order chi connectivity index (χ0) is 6.97. The maximum atomic E-state index is 3.20. The SMILES string of the molecule is Cc1[nH]c2ccccc2[nH+]1. The number of rotatable bonds is 0. The van der Waals surface area contributed by atoms with Gasteiger partial charge in [0.25, 0.3) is 0 Å². The van der Waals surface area contributed by atoms with E-state index >= 15 is 0 Å². The Hall–Kier alpha value is -1.31. The Balaban J connectivity index is 2.88. The van der Waals surface area contributed by atoms with Crippen molar-refractivity contribution in [3.05, 3.63) is 30.1 Å². The van der Waals surface area contributed by atoms with Gasteiger partial charge in [-0.25, -0.2) is 9.97 Å². The van der Waals surface area contributed by atoms with Gasteiger partial charge in [0.05, 0.1) is 0 Å². The van der Waals surface area contributed by atoms with Crippen LogP contribution in [0.25, 0.3) is 11.0 Å². The summed E-state index contributed by atoms with van der Waals surface area (Å²) in [7, 11) is 0. The number of aromatic amines is 2. The summed E-state index contributed by atoms with van der Waals surface area (Å²) in [5.41, 5.74) is 2.33. The highest BCUT2D eigenvalue weighted by atomic mass is 14.9. The molecule has 2 nitrogen and oxygen atoms in total. The fourth-order valence-corrected chi connectivity index (χ4v) is 1.14. The molecule has 0 radical (unpaired) electrons. The summed E-state index contributed by atoms with van der Waals surface area (Å²) in [6.07, 6.45) is 0. The van der Waals surface area contributed by atoms with E-state index in [4.69, 9.17) is 0 Å². The Morgan fingerprint density at radius 2 is 2.10 bits per heavy atom. The van der Waals surface area contributed by atoms with Crippen molar-refractivity contribution in [1.29, 1.82) is 0 Å². The van der Waals surface area contributed by atoms with Crippen molar-refractivity contribution in [3.8, 4) is 0 Å². The number of fused-ring (bicyclic) bond motifs is 1. The molecule has 50 valence electrons. The van der Waals surface area contributed by atoms with Gasteiger partial charge in [0, 0.05) is 6.92 Å². The minimum Gasteiger partial charge on any atom is -0.241 e. The van der Waals surface area contributed by atoms with E-state index in [1.165, 1.54) is 11.0 Å². The summed E-state index contributed by atoms with van der Waals surface area (Å²) >= 11 is 0. The molecule has 0 aliphatic rings. The van der Waals surface area contributed by atoms with Crippen molar-refractivity contribution in [2.75, 3.05) is 0 Å². The number of H-pyrrole nitrogens is 2. The second-order valence-electron chi connectivity index (χ2n) is 2.42. The number of imidazole rings is 1. The lowest BCUT2D eigenvalue weighted by Gasteiger charge is -1.76. The number of nitrogens with one attached hydrogen (secondary N) is 2. The Morgan fingerprint density at radius 3 is 2.90 bits per heavy atom. The Kier molecular flexibility index (Phi) is 1.01. The van der Waals surface area contributed by atoms with Gasteiger partial charge in [-0.15, -0.1) is 0 Å². The zero-order valence-corrected chi connectivity index (χ0v) is 5.81. The number of para-hydroxylation sites is 2. The molecule has 2 rings (SSSR count). The summed E-state index contributed by atoms with van der Waals surface area (Å²) in [5.74, 6) is 1.10. The third kappa shape index (κ3) is 0.692. The van der Waals surface area contributed by atoms with Crippen LogP contribution in [0.2, 0.25) is 0 Å². The molecule has 10 heavy (non-hydrogen) atoms. The topological polar surface area (TPSA) is 29.9 Å². The van der Waals surface area contributed by atoms with Gasteiger partial charge in [0.2, 0.25) is 5.82 Å². The first kappa shape index (κ1) is 5.47. The summed E-state index contributed by atoms with van der Waals surface area (Å²) in [6.45, 7) is 2.01. The van der Waals surface area contributed by atoms with Gasteiger partial charge in [-0.1, -0.05) is 12.1 Å². The molecule has 0 saturated carbocycles. The summed E-state index contributed by atoms with van der Waals surface area (Å²) < 4.78 is 0. The quantitative estimate of drug-likeness (QED) is 0.561. The van der Waals surface area contributed by atoms with Crippen LogP contribution >= 0.6 is 0 Å². The molecule has 0 unspecified atom stereocenters. The second kappa shape index (κ2) is 1.84. The van der Waals surface area contributed by atoms with Gasteiger partial charge >= 0.3 is 0 Å². The molecule has 0 bridgehead atoms. The van der Waals surface area contributed by atoms with Gasteiger partial charge in [0.15, 0.2) is 11.0 Å². The van der Waals surface area contributed by atoms with Crippen molar-refractivity contribution >= 4 is 11.0 Å². The Labute approximate surface area is 58.9 Å². The zero-order valence-electron chi connectivity index (χ0n) is 5.81. The predicted molar refractivity (Wildman–Crippen MR) is 39.6 cm³/mol. The number of hydrogen-bond acceptors (Lipinski definition) is 0. The molecule has 1 heterocycles. The first-order valence-corrected chi connectivity index (χ1v) is 3.33. The van der Waals surface area contributed by atoms with E-state index < -0.39 is 0 Å².